The number of nitrogens with zero attached hydrogens (tertiary/aromatic N) is 2. The average molecular weight is 314 g/mol. The Kier molecular flexibility index (Phi) is 7.75. The lowest BCUT2D eigenvalue weighted by Crippen LogP contribution is -2.27. The van der Waals surface area contributed by atoms with Gasteiger partial charge in [-0.05, 0) is 37.5 Å². The van der Waals surface area contributed by atoms with Gasteiger partial charge in [0.05, 0.1) is 10.7 Å². The Morgan fingerprint density at radius 3 is 2.86 bits per heavy atom. The van der Waals surface area contributed by atoms with Crippen LogP contribution in [-0.4, -0.2) is 25.7 Å². The number of hydrazone groups is 1. The number of hydrogen-bond acceptors (Lipinski definition) is 3. The number of benzene rings is 1. The molecule has 1 aromatic rings. The minimum atomic E-state index is -0.442. The van der Waals surface area contributed by atoms with E-state index < -0.39 is 5.82 Å². The van der Waals surface area contributed by atoms with Crippen LogP contribution in [0, 0.1) is 11.7 Å². The number of carbonyl (C=O) groups excluding carboxylic acids is 1. The van der Waals surface area contributed by atoms with Gasteiger partial charge in [0.25, 0.3) is 0 Å². The second kappa shape index (κ2) is 9.34. The first kappa shape index (κ1) is 17.4. The molecule has 0 heterocycles. The Bertz CT molecular complexity index is 482. The Balaban J connectivity index is 2.79. The third kappa shape index (κ3) is 5.71. The molecule has 1 unspecified atom stereocenters. The van der Waals surface area contributed by atoms with E-state index in [1.807, 2.05) is 6.92 Å². The number of anilines is 1. The maximum atomic E-state index is 13.3. The van der Waals surface area contributed by atoms with E-state index in [1.54, 1.807) is 23.4 Å². The quantitative estimate of drug-likeness (QED) is 0.328. The van der Waals surface area contributed by atoms with Crippen LogP contribution in [0.1, 0.15) is 26.7 Å². The van der Waals surface area contributed by atoms with E-state index in [9.17, 15) is 9.18 Å². The van der Waals surface area contributed by atoms with Crippen LogP contribution in [0.2, 0.25) is 5.02 Å². The summed E-state index contributed by atoms with van der Waals surface area (Å²) in [5.41, 5.74) is 0.751. The van der Waals surface area contributed by atoms with Crippen molar-refractivity contribution in [3.8, 4) is 0 Å². The second-order valence-electron chi connectivity index (χ2n) is 4.69. The SMILES string of the molecule is C/C=N\N(CC(CC)CCNC=O)c1ccc(F)c(Cl)c1. The van der Waals surface area contributed by atoms with Crippen molar-refractivity contribution < 1.29 is 9.18 Å². The predicted octanol–water partition coefficient (Wildman–Crippen LogP) is 3.45. The molecule has 0 aliphatic carbocycles. The third-order valence-electron chi connectivity index (χ3n) is 3.24. The smallest absolute Gasteiger partial charge is 0.207 e. The molecule has 0 fully saturated rings. The van der Waals surface area contributed by atoms with Crippen molar-refractivity contribution in [2.24, 2.45) is 11.0 Å². The molecule has 0 aliphatic rings. The number of halogens is 2. The molecule has 116 valence electrons. The molecule has 21 heavy (non-hydrogen) atoms. The van der Waals surface area contributed by atoms with Gasteiger partial charge in [-0.3, -0.25) is 9.80 Å². The van der Waals surface area contributed by atoms with E-state index in [0.29, 0.717) is 25.4 Å². The van der Waals surface area contributed by atoms with Crippen LogP contribution in [0.4, 0.5) is 10.1 Å². The fourth-order valence-electron chi connectivity index (χ4n) is 2.02. The standard InChI is InChI=1S/C15H21ClFN3O/c1-3-12(7-8-18-11-21)10-20(19-4-2)13-5-6-15(17)14(16)9-13/h4-6,9,11-12H,3,7-8,10H2,1-2H3,(H,18,21)/b19-4-. The Morgan fingerprint density at radius 2 is 2.29 bits per heavy atom. The minimum Gasteiger partial charge on any atom is -0.359 e. The van der Waals surface area contributed by atoms with E-state index in [-0.39, 0.29) is 5.02 Å². The predicted molar refractivity (Wildman–Crippen MR) is 85.4 cm³/mol. The Hall–Kier alpha value is -1.62. The van der Waals surface area contributed by atoms with Gasteiger partial charge in [0, 0.05) is 19.3 Å². The largest absolute Gasteiger partial charge is 0.359 e. The second-order valence-corrected chi connectivity index (χ2v) is 5.10. The third-order valence-corrected chi connectivity index (χ3v) is 3.53. The zero-order valence-electron chi connectivity index (χ0n) is 12.4. The molecule has 0 spiro atoms. The molecule has 1 N–H and O–H groups in total. The molecule has 1 amide bonds. The lowest BCUT2D eigenvalue weighted by atomic mass is 10.0. The normalized spacial score (nSPS) is 12.4. The molecule has 1 atom stereocenters. The minimum absolute atomic E-state index is 0.0828. The number of amides is 1. The highest BCUT2D eigenvalue weighted by atomic mass is 35.5. The van der Waals surface area contributed by atoms with Gasteiger partial charge in [0.1, 0.15) is 5.82 Å². The van der Waals surface area contributed by atoms with Crippen LogP contribution in [0.15, 0.2) is 23.3 Å². The molecule has 0 aliphatic heterocycles. The Morgan fingerprint density at radius 1 is 1.52 bits per heavy atom. The molecular weight excluding hydrogens is 293 g/mol. The maximum Gasteiger partial charge on any atom is 0.207 e. The molecule has 0 radical (unpaired) electrons. The van der Waals surface area contributed by atoms with Gasteiger partial charge in [0.2, 0.25) is 6.41 Å². The molecule has 1 rings (SSSR count). The summed E-state index contributed by atoms with van der Waals surface area (Å²) in [6.07, 6.45) is 4.22. The summed E-state index contributed by atoms with van der Waals surface area (Å²) < 4.78 is 13.3. The highest BCUT2D eigenvalue weighted by molar-refractivity contribution is 6.31. The molecule has 1 aromatic carbocycles. The molecule has 6 heteroatoms. The van der Waals surface area contributed by atoms with E-state index in [2.05, 4.69) is 17.3 Å². The van der Waals surface area contributed by atoms with Gasteiger partial charge in [-0.1, -0.05) is 24.9 Å². The first-order chi connectivity index (χ1) is 10.1. The number of hydrogen-bond donors (Lipinski definition) is 1. The lowest BCUT2D eigenvalue weighted by molar-refractivity contribution is -0.109. The van der Waals surface area contributed by atoms with Gasteiger partial charge in [0.15, 0.2) is 0 Å². The van der Waals surface area contributed by atoms with Crippen LogP contribution in [-0.2, 0) is 4.79 Å². The number of nitrogens with one attached hydrogen (secondary N) is 1. The van der Waals surface area contributed by atoms with Crippen molar-refractivity contribution in [3.05, 3.63) is 29.0 Å². The van der Waals surface area contributed by atoms with Gasteiger partial charge in [-0.2, -0.15) is 5.10 Å². The molecule has 0 bridgehead atoms. The molecule has 0 saturated carbocycles. The van der Waals surface area contributed by atoms with Gasteiger partial charge in [-0.15, -0.1) is 0 Å². The Labute approximate surface area is 130 Å². The summed E-state index contributed by atoms with van der Waals surface area (Å²) in [4.78, 5) is 10.3. The van der Waals surface area contributed by atoms with Crippen LogP contribution in [0.25, 0.3) is 0 Å². The highest BCUT2D eigenvalue weighted by Gasteiger charge is 2.14. The zero-order chi connectivity index (χ0) is 15.7. The summed E-state index contributed by atoms with van der Waals surface area (Å²) in [7, 11) is 0. The zero-order valence-corrected chi connectivity index (χ0v) is 13.1. The van der Waals surface area contributed by atoms with E-state index >= 15 is 0 Å². The summed E-state index contributed by atoms with van der Waals surface area (Å²) in [6.45, 7) is 5.24. The van der Waals surface area contributed by atoms with Crippen molar-refractivity contribution in [3.63, 3.8) is 0 Å². The van der Waals surface area contributed by atoms with Crippen molar-refractivity contribution in [1.29, 1.82) is 0 Å². The van der Waals surface area contributed by atoms with Gasteiger partial charge < -0.3 is 5.32 Å². The highest BCUT2D eigenvalue weighted by Crippen LogP contribution is 2.24. The monoisotopic (exact) mass is 313 g/mol. The molecular formula is C15H21ClFN3O. The summed E-state index contributed by atoms with van der Waals surface area (Å²) in [5.74, 6) is -0.0759. The molecule has 0 aromatic heterocycles. The maximum absolute atomic E-state index is 13.3. The van der Waals surface area contributed by atoms with Crippen LogP contribution >= 0.6 is 11.6 Å². The first-order valence-electron chi connectivity index (χ1n) is 7.00. The van der Waals surface area contributed by atoms with Crippen molar-refractivity contribution in [2.75, 3.05) is 18.1 Å². The summed E-state index contributed by atoms with van der Waals surface area (Å²) in [5, 5.41) is 8.87. The van der Waals surface area contributed by atoms with Crippen LogP contribution < -0.4 is 10.3 Å². The lowest BCUT2D eigenvalue weighted by Gasteiger charge is -2.24. The number of carbonyl (C=O) groups is 1. The number of rotatable bonds is 9. The molecule has 4 nitrogen and oxygen atoms in total. The van der Waals surface area contributed by atoms with Crippen molar-refractivity contribution in [2.45, 2.75) is 26.7 Å². The summed E-state index contributed by atoms with van der Waals surface area (Å²) in [6, 6.07) is 4.57. The van der Waals surface area contributed by atoms with Gasteiger partial charge in [-0.25, -0.2) is 4.39 Å². The van der Waals surface area contributed by atoms with E-state index in [1.165, 1.54) is 6.07 Å². The topological polar surface area (TPSA) is 44.7 Å². The van der Waals surface area contributed by atoms with Crippen molar-refractivity contribution in [1.82, 2.24) is 5.32 Å². The average Bonchev–Trinajstić information content (AvgIpc) is 2.48. The van der Waals surface area contributed by atoms with Gasteiger partial charge >= 0.3 is 0 Å². The van der Waals surface area contributed by atoms with E-state index in [4.69, 9.17) is 11.6 Å². The van der Waals surface area contributed by atoms with Crippen LogP contribution in [0.5, 0.6) is 0 Å². The van der Waals surface area contributed by atoms with Crippen LogP contribution in [0.3, 0.4) is 0 Å². The van der Waals surface area contributed by atoms with Crippen molar-refractivity contribution >= 4 is 29.9 Å². The van der Waals surface area contributed by atoms with E-state index in [0.717, 1.165) is 18.5 Å². The molecule has 0 saturated heterocycles. The fraction of sp³-hybridized carbons (Fsp3) is 0.467. The summed E-state index contributed by atoms with van der Waals surface area (Å²) >= 11 is 5.83. The fourth-order valence-corrected chi connectivity index (χ4v) is 2.19. The first-order valence-corrected chi connectivity index (χ1v) is 7.38.